The Bertz CT molecular complexity index is 779. The van der Waals surface area contributed by atoms with E-state index >= 15 is 0 Å². The molecule has 0 bridgehead atoms. The van der Waals surface area contributed by atoms with Crippen molar-refractivity contribution in [3.63, 3.8) is 0 Å². The first-order valence-corrected chi connectivity index (χ1v) is 11.1. The maximum absolute atomic E-state index is 12.7. The average molecular weight is 409 g/mol. The molecule has 0 radical (unpaired) electrons. The van der Waals surface area contributed by atoms with Gasteiger partial charge >= 0.3 is 0 Å². The van der Waals surface area contributed by atoms with E-state index in [0.29, 0.717) is 0 Å². The van der Waals surface area contributed by atoms with E-state index in [0.717, 1.165) is 77.6 Å². The van der Waals surface area contributed by atoms with E-state index in [4.69, 9.17) is 0 Å². The van der Waals surface area contributed by atoms with Crippen LogP contribution in [0, 0.1) is 0 Å². The maximum Gasteiger partial charge on any atom is 0.237 e. The Morgan fingerprint density at radius 3 is 2.53 bits per heavy atom. The molecule has 1 atom stereocenters. The van der Waals surface area contributed by atoms with Gasteiger partial charge in [0, 0.05) is 51.7 Å². The van der Waals surface area contributed by atoms with Crippen LogP contribution < -0.4 is 10.2 Å². The van der Waals surface area contributed by atoms with Crippen LogP contribution in [0.15, 0.2) is 48.8 Å². The van der Waals surface area contributed by atoms with Gasteiger partial charge in [-0.3, -0.25) is 14.6 Å². The number of carbonyl (C=O) groups is 1. The number of rotatable bonds is 8. The summed E-state index contributed by atoms with van der Waals surface area (Å²) in [6, 6.07) is 12.3. The van der Waals surface area contributed by atoms with Crippen molar-refractivity contribution in [1.29, 1.82) is 0 Å². The molecular formula is C23H32N6O. The van der Waals surface area contributed by atoms with Crippen LogP contribution in [-0.4, -0.2) is 77.5 Å². The van der Waals surface area contributed by atoms with Gasteiger partial charge in [0.25, 0.3) is 0 Å². The van der Waals surface area contributed by atoms with Gasteiger partial charge in [-0.05, 0) is 44.0 Å². The van der Waals surface area contributed by atoms with Crippen LogP contribution in [0.5, 0.6) is 0 Å². The largest absolute Gasteiger partial charge is 0.355 e. The molecule has 4 rings (SSSR count). The number of aromatic nitrogens is 2. The number of piperazine rings is 1. The first-order valence-electron chi connectivity index (χ1n) is 11.1. The highest BCUT2D eigenvalue weighted by Gasteiger charge is 2.30. The van der Waals surface area contributed by atoms with E-state index in [1.165, 1.54) is 5.56 Å². The van der Waals surface area contributed by atoms with Crippen molar-refractivity contribution in [2.45, 2.75) is 31.8 Å². The minimum absolute atomic E-state index is 0.0135. The van der Waals surface area contributed by atoms with Crippen molar-refractivity contribution in [1.82, 2.24) is 25.1 Å². The first-order chi connectivity index (χ1) is 14.8. The molecule has 1 N–H and O–H groups in total. The minimum Gasteiger partial charge on any atom is -0.355 e. The van der Waals surface area contributed by atoms with Gasteiger partial charge in [-0.15, -0.1) is 0 Å². The number of hydrogen-bond acceptors (Lipinski definition) is 6. The molecule has 0 aliphatic carbocycles. The van der Waals surface area contributed by atoms with Gasteiger partial charge in [0.1, 0.15) is 0 Å². The zero-order chi connectivity index (χ0) is 20.6. The Labute approximate surface area is 179 Å². The van der Waals surface area contributed by atoms with Gasteiger partial charge in [0.15, 0.2) is 0 Å². The third-order valence-electron chi connectivity index (χ3n) is 6.05. The van der Waals surface area contributed by atoms with Crippen LogP contribution in [0.3, 0.4) is 0 Å². The summed E-state index contributed by atoms with van der Waals surface area (Å²) in [6.45, 7) is 7.55. The lowest BCUT2D eigenvalue weighted by molar-refractivity contribution is -0.125. The fourth-order valence-electron chi connectivity index (χ4n) is 4.39. The third-order valence-corrected chi connectivity index (χ3v) is 6.05. The number of benzene rings is 1. The molecule has 2 saturated heterocycles. The standard InChI is InChI=1S/C23H32N6O/c30-22(21-9-4-14-29(21)19-20-7-2-1-3-8-20)24-12-6-13-27-15-17-28(18-16-27)23-25-10-5-11-26-23/h1-3,5,7-8,10-11,21H,4,6,9,12-19H2,(H,24,30). The normalized spacial score (nSPS) is 20.4. The number of amides is 1. The van der Waals surface area contributed by atoms with Gasteiger partial charge in [-0.1, -0.05) is 30.3 Å². The van der Waals surface area contributed by atoms with Crippen molar-refractivity contribution in [2.75, 3.05) is 50.7 Å². The minimum atomic E-state index is 0.0135. The molecule has 1 aromatic heterocycles. The number of carbonyl (C=O) groups excluding carboxylic acids is 1. The van der Waals surface area contributed by atoms with E-state index in [1.807, 2.05) is 12.1 Å². The summed E-state index contributed by atoms with van der Waals surface area (Å²) in [6.07, 6.45) is 6.63. The topological polar surface area (TPSA) is 64.6 Å². The lowest BCUT2D eigenvalue weighted by atomic mass is 10.1. The fraction of sp³-hybridized carbons (Fsp3) is 0.522. The predicted molar refractivity (Wildman–Crippen MR) is 118 cm³/mol. The van der Waals surface area contributed by atoms with Crippen LogP contribution in [0.2, 0.25) is 0 Å². The Kier molecular flexibility index (Phi) is 7.26. The molecular weight excluding hydrogens is 376 g/mol. The lowest BCUT2D eigenvalue weighted by Crippen LogP contribution is -2.48. The van der Waals surface area contributed by atoms with Crippen LogP contribution in [0.4, 0.5) is 5.95 Å². The number of likely N-dealkylation sites (tertiary alicyclic amines) is 1. The van der Waals surface area contributed by atoms with Crippen LogP contribution in [0.1, 0.15) is 24.8 Å². The smallest absolute Gasteiger partial charge is 0.237 e. The summed E-state index contributed by atoms with van der Waals surface area (Å²) in [5.74, 6) is 1.01. The van der Waals surface area contributed by atoms with Crippen molar-refractivity contribution < 1.29 is 4.79 Å². The first kappa shape index (κ1) is 20.8. The summed E-state index contributed by atoms with van der Waals surface area (Å²) in [5.41, 5.74) is 1.28. The summed E-state index contributed by atoms with van der Waals surface area (Å²) >= 11 is 0. The molecule has 2 aliphatic rings. The van der Waals surface area contributed by atoms with E-state index in [1.54, 1.807) is 12.4 Å². The molecule has 2 aromatic rings. The molecule has 3 heterocycles. The van der Waals surface area contributed by atoms with Crippen LogP contribution in [0.25, 0.3) is 0 Å². The van der Waals surface area contributed by atoms with Gasteiger partial charge in [0.05, 0.1) is 6.04 Å². The van der Waals surface area contributed by atoms with Crippen molar-refractivity contribution in [3.05, 3.63) is 54.4 Å². The second-order valence-electron chi connectivity index (χ2n) is 8.14. The Morgan fingerprint density at radius 2 is 1.77 bits per heavy atom. The summed E-state index contributed by atoms with van der Waals surface area (Å²) in [5, 5.41) is 3.18. The SMILES string of the molecule is O=C(NCCCN1CCN(c2ncccn2)CC1)C1CCCN1Cc1ccccc1. The van der Waals surface area contributed by atoms with E-state index in [-0.39, 0.29) is 11.9 Å². The summed E-state index contributed by atoms with van der Waals surface area (Å²) in [4.78, 5) is 28.4. The van der Waals surface area contributed by atoms with Gasteiger partial charge < -0.3 is 10.2 Å². The third kappa shape index (κ3) is 5.55. The molecule has 160 valence electrons. The molecule has 2 aliphatic heterocycles. The number of nitrogens with zero attached hydrogens (tertiary/aromatic N) is 5. The number of anilines is 1. The van der Waals surface area contributed by atoms with E-state index in [9.17, 15) is 4.79 Å². The van der Waals surface area contributed by atoms with Crippen molar-refractivity contribution in [3.8, 4) is 0 Å². The molecule has 30 heavy (non-hydrogen) atoms. The highest BCUT2D eigenvalue weighted by Crippen LogP contribution is 2.20. The predicted octanol–water partition coefficient (Wildman–Crippen LogP) is 1.77. The molecule has 0 spiro atoms. The maximum atomic E-state index is 12.7. The molecule has 7 heteroatoms. The zero-order valence-electron chi connectivity index (χ0n) is 17.6. The second kappa shape index (κ2) is 10.5. The highest BCUT2D eigenvalue weighted by atomic mass is 16.2. The summed E-state index contributed by atoms with van der Waals surface area (Å²) in [7, 11) is 0. The van der Waals surface area contributed by atoms with Gasteiger partial charge in [-0.2, -0.15) is 0 Å². The Balaban J connectivity index is 1.14. The molecule has 2 fully saturated rings. The van der Waals surface area contributed by atoms with Crippen LogP contribution >= 0.6 is 0 Å². The van der Waals surface area contributed by atoms with Crippen molar-refractivity contribution in [2.24, 2.45) is 0 Å². The zero-order valence-corrected chi connectivity index (χ0v) is 17.6. The molecule has 1 aromatic carbocycles. The van der Waals surface area contributed by atoms with E-state index < -0.39 is 0 Å². The van der Waals surface area contributed by atoms with Gasteiger partial charge in [-0.25, -0.2) is 9.97 Å². The second-order valence-corrected chi connectivity index (χ2v) is 8.14. The monoisotopic (exact) mass is 408 g/mol. The number of hydrogen-bond donors (Lipinski definition) is 1. The number of nitrogens with one attached hydrogen (secondary N) is 1. The Morgan fingerprint density at radius 1 is 1.00 bits per heavy atom. The van der Waals surface area contributed by atoms with Crippen molar-refractivity contribution >= 4 is 11.9 Å². The fourth-order valence-corrected chi connectivity index (χ4v) is 4.39. The lowest BCUT2D eigenvalue weighted by Gasteiger charge is -2.34. The van der Waals surface area contributed by atoms with E-state index in [2.05, 4.69) is 54.2 Å². The molecule has 7 nitrogen and oxygen atoms in total. The highest BCUT2D eigenvalue weighted by molar-refractivity contribution is 5.82. The summed E-state index contributed by atoms with van der Waals surface area (Å²) < 4.78 is 0. The molecule has 1 unspecified atom stereocenters. The quantitative estimate of drug-likeness (QED) is 0.672. The average Bonchev–Trinajstić information content (AvgIpc) is 3.26. The molecule has 1 amide bonds. The van der Waals surface area contributed by atoms with Crippen LogP contribution in [-0.2, 0) is 11.3 Å². The van der Waals surface area contributed by atoms with Gasteiger partial charge in [0.2, 0.25) is 11.9 Å². The molecule has 0 saturated carbocycles. The Hall–Kier alpha value is -2.51.